The molecule has 1 aliphatic heterocycles. The van der Waals surface area contributed by atoms with Crippen LogP contribution in [0.3, 0.4) is 0 Å². The van der Waals surface area contributed by atoms with E-state index in [4.69, 9.17) is 0 Å². The molecular weight excluding hydrogens is 196 g/mol. The van der Waals surface area contributed by atoms with E-state index in [0.29, 0.717) is 5.54 Å². The van der Waals surface area contributed by atoms with Gasteiger partial charge in [0, 0.05) is 25.2 Å². The molecule has 1 saturated carbocycles. The van der Waals surface area contributed by atoms with Crippen molar-refractivity contribution in [2.45, 2.75) is 57.9 Å². The highest BCUT2D eigenvalue weighted by atomic mass is 15.3. The maximum absolute atomic E-state index is 3.62. The molecule has 0 unspecified atom stereocenters. The summed E-state index contributed by atoms with van der Waals surface area (Å²) in [6.45, 7) is 9.71. The van der Waals surface area contributed by atoms with Crippen molar-refractivity contribution in [3.05, 3.63) is 0 Å². The van der Waals surface area contributed by atoms with Crippen LogP contribution in [-0.4, -0.2) is 36.6 Å². The van der Waals surface area contributed by atoms with Gasteiger partial charge in [-0.25, -0.2) is 0 Å². The Hall–Kier alpha value is -0.0800. The van der Waals surface area contributed by atoms with Gasteiger partial charge in [-0.05, 0) is 31.7 Å². The van der Waals surface area contributed by atoms with Crippen LogP contribution in [0.2, 0.25) is 0 Å². The molecular formula is C14H28N2. The summed E-state index contributed by atoms with van der Waals surface area (Å²) in [6.07, 6.45) is 8.57. The second-order valence-electron chi connectivity index (χ2n) is 6.13. The lowest BCUT2D eigenvalue weighted by molar-refractivity contribution is 0.0244. The Morgan fingerprint density at radius 1 is 1.19 bits per heavy atom. The van der Waals surface area contributed by atoms with Crippen LogP contribution in [-0.2, 0) is 0 Å². The van der Waals surface area contributed by atoms with Crippen LogP contribution in [0.1, 0.15) is 52.4 Å². The third kappa shape index (κ3) is 2.78. The summed E-state index contributed by atoms with van der Waals surface area (Å²) in [7, 11) is 0. The molecule has 0 atom stereocenters. The largest absolute Gasteiger partial charge is 0.314 e. The fourth-order valence-electron chi connectivity index (χ4n) is 3.35. The molecule has 0 radical (unpaired) electrons. The zero-order valence-corrected chi connectivity index (χ0v) is 11.1. The van der Waals surface area contributed by atoms with Crippen LogP contribution in [0.25, 0.3) is 0 Å². The fraction of sp³-hybridized carbons (Fsp3) is 1.00. The van der Waals surface area contributed by atoms with Crippen molar-refractivity contribution in [1.29, 1.82) is 0 Å². The number of hydrogen-bond donors (Lipinski definition) is 1. The minimum atomic E-state index is 0.533. The van der Waals surface area contributed by atoms with Crippen LogP contribution in [0, 0.1) is 5.92 Å². The SMILES string of the molecule is CC(C)CCN1CCNCC12CCCCC2. The average molecular weight is 224 g/mol. The molecule has 2 heteroatoms. The highest BCUT2D eigenvalue weighted by Gasteiger charge is 2.39. The first-order chi connectivity index (χ1) is 7.73. The second-order valence-corrected chi connectivity index (χ2v) is 6.13. The van der Waals surface area contributed by atoms with Crippen LogP contribution in [0.5, 0.6) is 0 Å². The van der Waals surface area contributed by atoms with Gasteiger partial charge in [0.2, 0.25) is 0 Å². The number of hydrogen-bond acceptors (Lipinski definition) is 2. The van der Waals surface area contributed by atoms with E-state index in [1.165, 1.54) is 64.7 Å². The van der Waals surface area contributed by atoms with Crippen molar-refractivity contribution < 1.29 is 0 Å². The molecule has 0 bridgehead atoms. The summed E-state index contributed by atoms with van der Waals surface area (Å²) in [5.41, 5.74) is 0.533. The Morgan fingerprint density at radius 3 is 2.62 bits per heavy atom. The third-order valence-electron chi connectivity index (χ3n) is 4.44. The van der Waals surface area contributed by atoms with Crippen molar-refractivity contribution in [3.8, 4) is 0 Å². The van der Waals surface area contributed by atoms with Crippen LogP contribution in [0.15, 0.2) is 0 Å². The van der Waals surface area contributed by atoms with Gasteiger partial charge in [0.1, 0.15) is 0 Å². The van der Waals surface area contributed by atoms with Gasteiger partial charge in [-0.2, -0.15) is 0 Å². The lowest BCUT2D eigenvalue weighted by atomic mass is 9.79. The number of nitrogens with one attached hydrogen (secondary N) is 1. The molecule has 1 saturated heterocycles. The van der Waals surface area contributed by atoms with Crippen LogP contribution >= 0.6 is 0 Å². The Balaban J connectivity index is 1.95. The van der Waals surface area contributed by atoms with E-state index in [1.807, 2.05) is 0 Å². The molecule has 0 aromatic rings. The van der Waals surface area contributed by atoms with Gasteiger partial charge in [-0.1, -0.05) is 33.1 Å². The minimum absolute atomic E-state index is 0.533. The van der Waals surface area contributed by atoms with Crippen molar-refractivity contribution >= 4 is 0 Å². The van der Waals surface area contributed by atoms with Crippen molar-refractivity contribution in [2.75, 3.05) is 26.2 Å². The molecule has 2 fully saturated rings. The van der Waals surface area contributed by atoms with E-state index in [0.717, 1.165) is 5.92 Å². The van der Waals surface area contributed by atoms with Crippen molar-refractivity contribution in [3.63, 3.8) is 0 Å². The Bertz CT molecular complexity index is 199. The summed E-state index contributed by atoms with van der Waals surface area (Å²) in [4.78, 5) is 2.81. The zero-order chi connectivity index (χ0) is 11.4. The van der Waals surface area contributed by atoms with E-state index in [1.54, 1.807) is 0 Å². The minimum Gasteiger partial charge on any atom is -0.314 e. The molecule has 16 heavy (non-hydrogen) atoms. The third-order valence-corrected chi connectivity index (χ3v) is 4.44. The Kier molecular flexibility index (Phi) is 4.26. The summed E-state index contributed by atoms with van der Waals surface area (Å²) in [5, 5.41) is 3.62. The highest BCUT2D eigenvalue weighted by molar-refractivity contribution is 4.97. The predicted octanol–water partition coefficient (Wildman–Crippen LogP) is 2.64. The normalized spacial score (nSPS) is 26.4. The highest BCUT2D eigenvalue weighted by Crippen LogP contribution is 2.34. The van der Waals surface area contributed by atoms with Gasteiger partial charge in [0.25, 0.3) is 0 Å². The lowest BCUT2D eigenvalue weighted by Crippen LogP contribution is -2.62. The monoisotopic (exact) mass is 224 g/mol. The topological polar surface area (TPSA) is 15.3 Å². The number of rotatable bonds is 3. The van der Waals surface area contributed by atoms with E-state index in [2.05, 4.69) is 24.1 Å². The molecule has 1 heterocycles. The van der Waals surface area contributed by atoms with E-state index in [-0.39, 0.29) is 0 Å². The second kappa shape index (κ2) is 5.50. The van der Waals surface area contributed by atoms with Gasteiger partial charge in [0.15, 0.2) is 0 Å². The molecule has 0 amide bonds. The lowest BCUT2D eigenvalue weighted by Gasteiger charge is -2.50. The first-order valence-corrected chi connectivity index (χ1v) is 7.19. The molecule has 1 N–H and O–H groups in total. The average Bonchev–Trinajstić information content (AvgIpc) is 2.29. The fourth-order valence-corrected chi connectivity index (χ4v) is 3.35. The first kappa shape index (κ1) is 12.4. The van der Waals surface area contributed by atoms with Gasteiger partial charge in [-0.15, -0.1) is 0 Å². The van der Waals surface area contributed by atoms with Crippen molar-refractivity contribution in [1.82, 2.24) is 10.2 Å². The molecule has 0 aromatic heterocycles. The maximum atomic E-state index is 3.62. The van der Waals surface area contributed by atoms with Gasteiger partial charge >= 0.3 is 0 Å². The molecule has 2 nitrogen and oxygen atoms in total. The summed E-state index contributed by atoms with van der Waals surface area (Å²) in [6, 6.07) is 0. The molecule has 2 aliphatic rings. The number of nitrogens with zero attached hydrogens (tertiary/aromatic N) is 1. The molecule has 0 aromatic carbocycles. The van der Waals surface area contributed by atoms with Crippen LogP contribution < -0.4 is 5.32 Å². The summed E-state index contributed by atoms with van der Waals surface area (Å²) < 4.78 is 0. The zero-order valence-electron chi connectivity index (χ0n) is 11.1. The predicted molar refractivity (Wildman–Crippen MR) is 69.7 cm³/mol. The maximum Gasteiger partial charge on any atom is 0.0334 e. The molecule has 1 spiro atoms. The standard InChI is InChI=1S/C14H28N2/c1-13(2)6-10-16-11-9-15-12-14(16)7-4-3-5-8-14/h13,15H,3-12H2,1-2H3. The molecule has 94 valence electrons. The Morgan fingerprint density at radius 2 is 1.94 bits per heavy atom. The van der Waals surface area contributed by atoms with Gasteiger partial charge < -0.3 is 5.32 Å². The van der Waals surface area contributed by atoms with E-state index >= 15 is 0 Å². The van der Waals surface area contributed by atoms with Crippen LogP contribution in [0.4, 0.5) is 0 Å². The van der Waals surface area contributed by atoms with E-state index in [9.17, 15) is 0 Å². The smallest absolute Gasteiger partial charge is 0.0334 e. The summed E-state index contributed by atoms with van der Waals surface area (Å²) in [5.74, 6) is 0.843. The van der Waals surface area contributed by atoms with Gasteiger partial charge in [-0.3, -0.25) is 4.90 Å². The number of piperazine rings is 1. The van der Waals surface area contributed by atoms with Gasteiger partial charge in [0.05, 0.1) is 0 Å². The van der Waals surface area contributed by atoms with E-state index < -0.39 is 0 Å². The van der Waals surface area contributed by atoms with Crippen molar-refractivity contribution in [2.24, 2.45) is 5.92 Å². The quantitative estimate of drug-likeness (QED) is 0.793. The summed E-state index contributed by atoms with van der Waals surface area (Å²) >= 11 is 0. The first-order valence-electron chi connectivity index (χ1n) is 7.19. The Labute approximate surface area is 101 Å². The molecule has 1 aliphatic carbocycles. The molecule has 2 rings (SSSR count).